The molecule has 0 aliphatic heterocycles. The Morgan fingerprint density at radius 1 is 1.37 bits per heavy atom. The first kappa shape index (κ1) is 18.5. The molecule has 7 nitrogen and oxygen atoms in total. The van der Waals surface area contributed by atoms with E-state index >= 15 is 0 Å². The van der Waals surface area contributed by atoms with Gasteiger partial charge in [0.1, 0.15) is 5.75 Å². The molecule has 1 aromatic heterocycles. The van der Waals surface area contributed by atoms with Gasteiger partial charge in [0, 0.05) is 18.7 Å². The van der Waals surface area contributed by atoms with Crippen LogP contribution in [0.15, 0.2) is 60.1 Å². The van der Waals surface area contributed by atoms with Gasteiger partial charge >= 0.3 is 0 Å². The second-order valence-corrected chi connectivity index (χ2v) is 6.74. The van der Waals surface area contributed by atoms with Crippen molar-refractivity contribution in [3.05, 3.63) is 75.6 Å². The molecule has 3 aromatic rings. The maximum atomic E-state index is 12.4. The van der Waals surface area contributed by atoms with Gasteiger partial charge in [-0.1, -0.05) is 29.5 Å². The Morgan fingerprint density at radius 2 is 2.19 bits per heavy atom. The van der Waals surface area contributed by atoms with Gasteiger partial charge in [0.05, 0.1) is 28.7 Å². The molecule has 0 N–H and O–H groups in total. The van der Waals surface area contributed by atoms with Gasteiger partial charge in [-0.05, 0) is 23.8 Å². The van der Waals surface area contributed by atoms with Crippen LogP contribution in [0, 0.1) is 10.1 Å². The number of fused-ring (bicyclic) bond motifs is 1. The first-order valence-electron chi connectivity index (χ1n) is 8.11. The highest BCUT2D eigenvalue weighted by molar-refractivity contribution is 7.16. The number of carbonyl (C=O) groups excluding carboxylic acids is 1. The molecular weight excluding hydrogens is 366 g/mol. The minimum atomic E-state index is -0.443. The van der Waals surface area contributed by atoms with Crippen molar-refractivity contribution in [3.8, 4) is 5.75 Å². The summed E-state index contributed by atoms with van der Waals surface area (Å²) in [5, 5.41) is 11.0. The number of methoxy groups -OCH3 is 1. The molecule has 1 heterocycles. The fourth-order valence-corrected chi connectivity index (χ4v) is 3.76. The maximum Gasteiger partial charge on any atom is 0.270 e. The van der Waals surface area contributed by atoms with Crippen LogP contribution in [0.5, 0.6) is 5.75 Å². The van der Waals surface area contributed by atoms with Crippen molar-refractivity contribution in [1.29, 1.82) is 0 Å². The van der Waals surface area contributed by atoms with Crippen molar-refractivity contribution in [2.24, 2.45) is 4.99 Å². The molecule has 0 bridgehead atoms. The predicted octanol–water partition coefficient (Wildman–Crippen LogP) is 3.48. The molecule has 8 heteroatoms. The fourth-order valence-electron chi connectivity index (χ4n) is 2.67. The Kier molecular flexibility index (Phi) is 5.46. The van der Waals surface area contributed by atoms with Crippen molar-refractivity contribution >= 4 is 33.1 Å². The van der Waals surface area contributed by atoms with E-state index in [4.69, 9.17) is 4.74 Å². The molecule has 0 spiro atoms. The third kappa shape index (κ3) is 4.12. The Morgan fingerprint density at radius 3 is 2.89 bits per heavy atom. The van der Waals surface area contributed by atoms with E-state index in [9.17, 15) is 14.9 Å². The molecule has 0 radical (unpaired) electrons. The normalized spacial score (nSPS) is 11.5. The van der Waals surface area contributed by atoms with Crippen LogP contribution in [-0.2, 0) is 17.8 Å². The molecule has 1 amide bonds. The topological polar surface area (TPSA) is 86.7 Å². The van der Waals surface area contributed by atoms with Gasteiger partial charge in [-0.25, -0.2) is 0 Å². The standard InChI is InChI=1S/C19H17N3O4S/c1-3-9-21-16-8-7-14(22(24)25)12-17(16)27-19(21)20-18(23)11-13-5-4-6-15(10-13)26-2/h3-8,10,12H,1,9,11H2,2H3. The summed E-state index contributed by atoms with van der Waals surface area (Å²) >= 11 is 1.24. The van der Waals surface area contributed by atoms with Gasteiger partial charge in [0.2, 0.25) is 0 Å². The first-order chi connectivity index (χ1) is 13.0. The van der Waals surface area contributed by atoms with E-state index in [0.29, 0.717) is 21.8 Å². The van der Waals surface area contributed by atoms with Crippen LogP contribution in [0.4, 0.5) is 5.69 Å². The van der Waals surface area contributed by atoms with Gasteiger partial charge in [0.15, 0.2) is 4.80 Å². The lowest BCUT2D eigenvalue weighted by atomic mass is 10.1. The molecule has 0 aliphatic carbocycles. The number of hydrogen-bond donors (Lipinski definition) is 0. The van der Waals surface area contributed by atoms with Crippen molar-refractivity contribution in [1.82, 2.24) is 4.57 Å². The Labute approximate surface area is 159 Å². The van der Waals surface area contributed by atoms with E-state index in [1.807, 2.05) is 22.8 Å². The van der Waals surface area contributed by atoms with Gasteiger partial charge in [-0.2, -0.15) is 4.99 Å². The number of hydrogen-bond acceptors (Lipinski definition) is 5. The summed E-state index contributed by atoms with van der Waals surface area (Å²) in [6.45, 7) is 4.18. The number of ether oxygens (including phenoxy) is 1. The van der Waals surface area contributed by atoms with E-state index in [0.717, 1.165) is 11.1 Å². The van der Waals surface area contributed by atoms with Crippen molar-refractivity contribution < 1.29 is 14.5 Å². The zero-order valence-corrected chi connectivity index (χ0v) is 15.4. The molecule has 0 atom stereocenters. The molecule has 138 valence electrons. The summed E-state index contributed by atoms with van der Waals surface area (Å²) in [5.41, 5.74) is 1.58. The van der Waals surface area contributed by atoms with E-state index < -0.39 is 4.92 Å². The number of rotatable bonds is 6. The SMILES string of the molecule is C=CCn1c(=NC(=O)Cc2cccc(OC)c2)sc2cc([N+](=O)[O-])ccc21. The molecule has 3 rings (SSSR count). The lowest BCUT2D eigenvalue weighted by molar-refractivity contribution is -0.384. The highest BCUT2D eigenvalue weighted by Crippen LogP contribution is 2.23. The summed E-state index contributed by atoms with van der Waals surface area (Å²) in [5.74, 6) is 0.373. The van der Waals surface area contributed by atoms with Crippen LogP contribution in [0.1, 0.15) is 5.56 Å². The smallest absolute Gasteiger partial charge is 0.270 e. The van der Waals surface area contributed by atoms with Crippen LogP contribution in [0.25, 0.3) is 10.2 Å². The summed E-state index contributed by atoms with van der Waals surface area (Å²) in [6.07, 6.45) is 1.83. The third-order valence-corrected chi connectivity index (χ3v) is 4.94. The van der Waals surface area contributed by atoms with Gasteiger partial charge in [-0.15, -0.1) is 6.58 Å². The Balaban J connectivity index is 2.00. The molecule has 0 saturated heterocycles. The molecule has 0 saturated carbocycles. The molecule has 0 aliphatic rings. The molecule has 0 unspecified atom stereocenters. The minimum Gasteiger partial charge on any atom is -0.497 e. The van der Waals surface area contributed by atoms with Gasteiger partial charge in [0.25, 0.3) is 11.6 Å². The fraction of sp³-hybridized carbons (Fsp3) is 0.158. The average Bonchev–Trinajstić information content (AvgIpc) is 2.98. The third-order valence-electron chi connectivity index (χ3n) is 3.90. The number of non-ortho nitro benzene ring substituents is 1. The monoisotopic (exact) mass is 383 g/mol. The number of amides is 1. The Bertz CT molecular complexity index is 1100. The zero-order valence-electron chi connectivity index (χ0n) is 14.6. The lowest BCUT2D eigenvalue weighted by Crippen LogP contribution is -2.16. The second-order valence-electron chi connectivity index (χ2n) is 5.73. The quantitative estimate of drug-likeness (QED) is 0.370. The molecule has 0 fully saturated rings. The number of thiazole rings is 1. The van der Waals surface area contributed by atoms with Crippen molar-refractivity contribution in [2.45, 2.75) is 13.0 Å². The maximum absolute atomic E-state index is 12.4. The summed E-state index contributed by atoms with van der Waals surface area (Å²) in [6, 6.07) is 11.8. The van der Waals surface area contributed by atoms with E-state index in [-0.39, 0.29) is 18.0 Å². The van der Waals surface area contributed by atoms with Crippen LogP contribution in [-0.4, -0.2) is 22.5 Å². The zero-order chi connectivity index (χ0) is 19.4. The number of nitrogens with zero attached hydrogens (tertiary/aromatic N) is 3. The molecule has 2 aromatic carbocycles. The highest BCUT2D eigenvalue weighted by atomic mass is 32.1. The minimum absolute atomic E-state index is 0.00348. The van der Waals surface area contributed by atoms with E-state index in [1.165, 1.54) is 23.5 Å². The second kappa shape index (κ2) is 7.96. The lowest BCUT2D eigenvalue weighted by Gasteiger charge is -2.02. The van der Waals surface area contributed by atoms with Gasteiger partial charge < -0.3 is 9.30 Å². The largest absolute Gasteiger partial charge is 0.497 e. The van der Waals surface area contributed by atoms with Crippen LogP contribution in [0.2, 0.25) is 0 Å². The number of carbonyl (C=O) groups is 1. The summed E-state index contributed by atoms with van der Waals surface area (Å²) in [7, 11) is 1.57. The van der Waals surface area contributed by atoms with Crippen molar-refractivity contribution in [3.63, 3.8) is 0 Å². The predicted molar refractivity (Wildman–Crippen MR) is 104 cm³/mol. The molecular formula is C19H17N3O4S. The number of aromatic nitrogens is 1. The van der Waals surface area contributed by atoms with E-state index in [1.54, 1.807) is 25.3 Å². The van der Waals surface area contributed by atoms with Gasteiger partial charge in [-0.3, -0.25) is 14.9 Å². The number of nitro groups is 1. The van der Waals surface area contributed by atoms with E-state index in [2.05, 4.69) is 11.6 Å². The first-order valence-corrected chi connectivity index (χ1v) is 8.92. The summed E-state index contributed by atoms with van der Waals surface area (Å²) in [4.78, 5) is 27.7. The van der Waals surface area contributed by atoms with Crippen LogP contribution in [0.3, 0.4) is 0 Å². The average molecular weight is 383 g/mol. The van der Waals surface area contributed by atoms with Crippen LogP contribution >= 0.6 is 11.3 Å². The Hall–Kier alpha value is -3.26. The number of benzene rings is 2. The summed E-state index contributed by atoms with van der Waals surface area (Å²) < 4.78 is 7.68. The number of nitro benzene ring substituents is 1. The highest BCUT2D eigenvalue weighted by Gasteiger charge is 2.12. The van der Waals surface area contributed by atoms with Crippen LogP contribution < -0.4 is 9.54 Å². The number of allylic oxidation sites excluding steroid dienone is 1. The van der Waals surface area contributed by atoms with Crippen molar-refractivity contribution in [2.75, 3.05) is 7.11 Å². The molecule has 27 heavy (non-hydrogen) atoms.